The number of rotatable bonds is 4. The van der Waals surface area contributed by atoms with Gasteiger partial charge in [0.1, 0.15) is 11.5 Å². The first kappa shape index (κ1) is 14.1. The molecular weight excluding hydrogens is 268 g/mol. The molecule has 0 bridgehead atoms. The molecule has 7 heteroatoms. The summed E-state index contributed by atoms with van der Waals surface area (Å²) in [4.78, 5) is 0.165. The Kier molecular flexibility index (Phi) is 3.98. The lowest BCUT2D eigenvalue weighted by molar-refractivity contribution is 0.391. The number of nitrogens with zero attached hydrogens (tertiary/aromatic N) is 1. The van der Waals surface area contributed by atoms with Crippen LogP contribution in [0.4, 0.5) is 0 Å². The number of nitrogens with two attached hydrogens (primary N) is 1. The van der Waals surface area contributed by atoms with Crippen LogP contribution in [0.1, 0.15) is 6.42 Å². The van der Waals surface area contributed by atoms with E-state index in [-0.39, 0.29) is 10.9 Å². The highest BCUT2D eigenvalue weighted by atomic mass is 32.2. The van der Waals surface area contributed by atoms with Gasteiger partial charge in [-0.2, -0.15) is 4.31 Å². The molecule has 1 aliphatic rings. The number of hydrogen-bond acceptors (Lipinski definition) is 5. The first-order valence-electron chi connectivity index (χ1n) is 5.96. The Bertz CT molecular complexity index is 537. The largest absolute Gasteiger partial charge is 0.497 e. The fourth-order valence-corrected chi connectivity index (χ4v) is 3.61. The van der Waals surface area contributed by atoms with Crippen LogP contribution in [-0.2, 0) is 10.0 Å². The molecule has 19 heavy (non-hydrogen) atoms. The third-order valence-corrected chi connectivity index (χ3v) is 4.99. The maximum absolute atomic E-state index is 12.5. The molecule has 1 aromatic carbocycles. The number of methoxy groups -OCH3 is 2. The van der Waals surface area contributed by atoms with Crippen LogP contribution in [0.2, 0.25) is 0 Å². The second-order valence-electron chi connectivity index (χ2n) is 4.46. The zero-order valence-corrected chi connectivity index (χ0v) is 11.8. The van der Waals surface area contributed by atoms with E-state index in [4.69, 9.17) is 15.2 Å². The molecule has 0 saturated carbocycles. The number of hydrogen-bond donors (Lipinski definition) is 1. The van der Waals surface area contributed by atoms with Gasteiger partial charge in [-0.3, -0.25) is 0 Å². The summed E-state index contributed by atoms with van der Waals surface area (Å²) in [6.45, 7) is 0.797. The molecule has 0 aromatic heterocycles. The molecule has 1 saturated heterocycles. The lowest BCUT2D eigenvalue weighted by atomic mass is 10.3. The van der Waals surface area contributed by atoms with Gasteiger partial charge in [-0.1, -0.05) is 0 Å². The van der Waals surface area contributed by atoms with Gasteiger partial charge in [-0.15, -0.1) is 0 Å². The van der Waals surface area contributed by atoms with Crippen molar-refractivity contribution in [2.45, 2.75) is 17.4 Å². The van der Waals surface area contributed by atoms with E-state index >= 15 is 0 Å². The first-order chi connectivity index (χ1) is 8.97. The summed E-state index contributed by atoms with van der Waals surface area (Å²) >= 11 is 0. The SMILES string of the molecule is COc1cc(OC)cc(S(=O)(=O)N2CC[C@@H](N)C2)c1. The van der Waals surface area contributed by atoms with Gasteiger partial charge in [-0.25, -0.2) is 8.42 Å². The summed E-state index contributed by atoms with van der Waals surface area (Å²) in [5, 5.41) is 0. The van der Waals surface area contributed by atoms with Gasteiger partial charge >= 0.3 is 0 Å². The molecule has 0 aliphatic carbocycles. The highest BCUT2D eigenvalue weighted by Crippen LogP contribution is 2.28. The van der Waals surface area contributed by atoms with Crippen molar-refractivity contribution in [3.8, 4) is 11.5 Å². The summed E-state index contributed by atoms with van der Waals surface area (Å²) in [6.07, 6.45) is 0.681. The Hall–Kier alpha value is -1.31. The van der Waals surface area contributed by atoms with Gasteiger partial charge in [0.15, 0.2) is 0 Å². The maximum atomic E-state index is 12.5. The van der Waals surface area contributed by atoms with Gasteiger partial charge in [0.05, 0.1) is 19.1 Å². The van der Waals surface area contributed by atoms with Crippen molar-refractivity contribution in [3.63, 3.8) is 0 Å². The molecule has 106 valence electrons. The molecule has 1 heterocycles. The highest BCUT2D eigenvalue weighted by molar-refractivity contribution is 7.89. The fraction of sp³-hybridized carbons (Fsp3) is 0.500. The third-order valence-electron chi connectivity index (χ3n) is 3.15. The molecule has 2 N–H and O–H groups in total. The van der Waals surface area contributed by atoms with Crippen molar-refractivity contribution in [2.75, 3.05) is 27.3 Å². The molecule has 1 aromatic rings. The highest BCUT2D eigenvalue weighted by Gasteiger charge is 2.31. The average Bonchev–Trinajstić information content (AvgIpc) is 2.85. The van der Waals surface area contributed by atoms with E-state index in [9.17, 15) is 8.42 Å². The molecule has 0 spiro atoms. The first-order valence-corrected chi connectivity index (χ1v) is 7.40. The third kappa shape index (κ3) is 2.83. The Balaban J connectivity index is 2.39. The van der Waals surface area contributed by atoms with E-state index in [1.54, 1.807) is 6.07 Å². The Morgan fingerprint density at radius 1 is 1.21 bits per heavy atom. The minimum Gasteiger partial charge on any atom is -0.497 e. The number of benzene rings is 1. The van der Waals surface area contributed by atoms with E-state index in [2.05, 4.69) is 0 Å². The molecule has 2 rings (SSSR count). The Morgan fingerprint density at radius 2 is 1.79 bits per heavy atom. The van der Waals surface area contributed by atoms with Crippen molar-refractivity contribution in [1.29, 1.82) is 0 Å². The Labute approximate surface area is 113 Å². The molecular formula is C12H18N2O4S. The van der Waals surface area contributed by atoms with Crippen LogP contribution in [0.3, 0.4) is 0 Å². The van der Waals surface area contributed by atoms with Crippen molar-refractivity contribution in [2.24, 2.45) is 5.73 Å². The number of ether oxygens (including phenoxy) is 2. The van der Waals surface area contributed by atoms with Crippen LogP contribution in [0.25, 0.3) is 0 Å². The lowest BCUT2D eigenvalue weighted by Crippen LogP contribution is -2.32. The number of sulfonamides is 1. The van der Waals surface area contributed by atoms with Crippen LogP contribution in [0.15, 0.2) is 23.1 Å². The topological polar surface area (TPSA) is 81.9 Å². The molecule has 1 fully saturated rings. The van der Waals surface area contributed by atoms with Crippen molar-refractivity contribution in [3.05, 3.63) is 18.2 Å². The molecule has 1 aliphatic heterocycles. The second kappa shape index (κ2) is 5.36. The molecule has 0 amide bonds. The van der Waals surface area contributed by atoms with Crippen LogP contribution in [0.5, 0.6) is 11.5 Å². The summed E-state index contributed by atoms with van der Waals surface area (Å²) in [5.74, 6) is 0.892. The van der Waals surface area contributed by atoms with Gasteiger partial charge in [0.25, 0.3) is 0 Å². The monoisotopic (exact) mass is 286 g/mol. The van der Waals surface area contributed by atoms with E-state index in [1.807, 2.05) is 0 Å². The predicted octanol–water partition coefficient (Wildman–Crippen LogP) is 0.426. The van der Waals surface area contributed by atoms with Gasteiger partial charge in [-0.05, 0) is 6.42 Å². The van der Waals surface area contributed by atoms with Crippen LogP contribution in [-0.4, -0.2) is 46.1 Å². The molecule has 6 nitrogen and oxygen atoms in total. The summed E-state index contributed by atoms with van der Waals surface area (Å²) in [6, 6.07) is 4.51. The maximum Gasteiger partial charge on any atom is 0.243 e. The van der Waals surface area contributed by atoms with Crippen molar-refractivity contribution in [1.82, 2.24) is 4.31 Å². The fourth-order valence-electron chi connectivity index (χ4n) is 2.05. The zero-order chi connectivity index (χ0) is 14.0. The smallest absolute Gasteiger partial charge is 0.243 e. The van der Waals surface area contributed by atoms with Crippen LogP contribution < -0.4 is 15.2 Å². The van der Waals surface area contributed by atoms with Crippen molar-refractivity contribution >= 4 is 10.0 Å². The van der Waals surface area contributed by atoms with Gasteiger partial charge in [0, 0.05) is 37.3 Å². The van der Waals surface area contributed by atoms with E-state index in [1.165, 1.54) is 30.7 Å². The molecule has 1 atom stereocenters. The summed E-state index contributed by atoms with van der Waals surface area (Å²) < 4.78 is 36.5. The second-order valence-corrected chi connectivity index (χ2v) is 6.40. The van der Waals surface area contributed by atoms with Crippen molar-refractivity contribution < 1.29 is 17.9 Å². The summed E-state index contributed by atoms with van der Waals surface area (Å²) in [7, 11) is -0.577. The van der Waals surface area contributed by atoms with Crippen LogP contribution >= 0.6 is 0 Å². The average molecular weight is 286 g/mol. The van der Waals surface area contributed by atoms with E-state index in [0.717, 1.165) is 0 Å². The molecule has 0 radical (unpaired) electrons. The predicted molar refractivity (Wildman–Crippen MR) is 70.9 cm³/mol. The summed E-state index contributed by atoms with van der Waals surface area (Å²) in [5.41, 5.74) is 5.76. The minimum absolute atomic E-state index is 0.0951. The molecule has 0 unspecified atom stereocenters. The van der Waals surface area contributed by atoms with E-state index in [0.29, 0.717) is 31.0 Å². The lowest BCUT2D eigenvalue weighted by Gasteiger charge is -2.17. The van der Waals surface area contributed by atoms with E-state index < -0.39 is 10.0 Å². The standard InChI is InChI=1S/C12H18N2O4S/c1-17-10-5-11(18-2)7-12(6-10)19(15,16)14-4-3-9(13)8-14/h5-7,9H,3-4,8,13H2,1-2H3/t9-/m1/s1. The Morgan fingerprint density at radius 3 is 2.21 bits per heavy atom. The minimum atomic E-state index is -3.54. The quantitative estimate of drug-likeness (QED) is 0.867. The van der Waals surface area contributed by atoms with Crippen LogP contribution in [0, 0.1) is 0 Å². The van der Waals surface area contributed by atoms with Gasteiger partial charge < -0.3 is 15.2 Å². The van der Waals surface area contributed by atoms with Gasteiger partial charge in [0.2, 0.25) is 10.0 Å². The normalized spacial score (nSPS) is 20.5. The zero-order valence-electron chi connectivity index (χ0n) is 11.0.